The molecule has 0 saturated carbocycles. The maximum atomic E-state index is 13.5. The van der Waals surface area contributed by atoms with Crippen LogP contribution in [0.3, 0.4) is 0 Å². The van der Waals surface area contributed by atoms with Gasteiger partial charge in [-0.05, 0) is 66.3 Å². The van der Waals surface area contributed by atoms with E-state index >= 15 is 0 Å². The molecule has 3 unspecified atom stereocenters. The first-order valence-corrected chi connectivity index (χ1v) is 13.9. The van der Waals surface area contributed by atoms with Gasteiger partial charge in [-0.2, -0.15) is 0 Å². The van der Waals surface area contributed by atoms with E-state index in [1.165, 1.54) is 0 Å². The molecule has 218 valence electrons. The molecule has 4 N–H and O–H groups in total. The Morgan fingerprint density at radius 1 is 1.02 bits per heavy atom. The third-order valence-corrected chi connectivity index (χ3v) is 7.63. The second-order valence-corrected chi connectivity index (χ2v) is 10.6. The molecule has 2 heterocycles. The molecule has 11 heteroatoms. The molecule has 3 aromatic carbocycles. The first-order valence-electron chi connectivity index (χ1n) is 13.9. The minimum Gasteiger partial charge on any atom is -0.497 e. The van der Waals surface area contributed by atoms with Gasteiger partial charge in [-0.15, -0.1) is 5.10 Å². The molecule has 1 aliphatic rings. The van der Waals surface area contributed by atoms with Crippen LogP contribution in [0.4, 0.5) is 0 Å². The third-order valence-electron chi connectivity index (χ3n) is 7.63. The summed E-state index contributed by atoms with van der Waals surface area (Å²) in [5.41, 5.74) is 10.4. The molecule has 5 rings (SSSR count). The topological polar surface area (TPSA) is 144 Å². The van der Waals surface area contributed by atoms with Crippen LogP contribution < -0.4 is 21.1 Å². The Kier molecular flexibility index (Phi) is 8.77. The van der Waals surface area contributed by atoms with E-state index in [0.717, 1.165) is 27.9 Å². The molecular formula is C31H35N7O4. The van der Waals surface area contributed by atoms with Crippen molar-refractivity contribution in [2.45, 2.75) is 31.5 Å². The third kappa shape index (κ3) is 6.58. The molecule has 42 heavy (non-hydrogen) atoms. The highest BCUT2D eigenvalue weighted by molar-refractivity contribution is 5.95. The van der Waals surface area contributed by atoms with E-state index in [1.54, 1.807) is 41.0 Å². The lowest BCUT2D eigenvalue weighted by Crippen LogP contribution is -2.54. The number of hydrogen-bond donors (Lipinski definition) is 3. The number of methoxy groups -OCH3 is 1. The number of fused-ring (bicyclic) bond motifs is 1. The van der Waals surface area contributed by atoms with E-state index in [2.05, 4.69) is 20.9 Å². The van der Waals surface area contributed by atoms with Crippen molar-refractivity contribution in [2.24, 2.45) is 18.7 Å². The van der Waals surface area contributed by atoms with E-state index in [0.29, 0.717) is 24.9 Å². The van der Waals surface area contributed by atoms with E-state index in [1.807, 2.05) is 55.6 Å². The summed E-state index contributed by atoms with van der Waals surface area (Å²) in [6.45, 7) is 0.625. The number of likely N-dealkylation sites (tertiary alicyclic amines) is 1. The zero-order valence-corrected chi connectivity index (χ0v) is 23.7. The predicted octanol–water partition coefficient (Wildman–Crippen LogP) is 1.81. The van der Waals surface area contributed by atoms with Crippen molar-refractivity contribution < 1.29 is 19.1 Å². The predicted molar refractivity (Wildman–Crippen MR) is 157 cm³/mol. The van der Waals surface area contributed by atoms with Gasteiger partial charge in [-0.1, -0.05) is 41.6 Å². The van der Waals surface area contributed by atoms with E-state index < -0.39 is 12.1 Å². The maximum absolute atomic E-state index is 13.5. The zero-order chi connectivity index (χ0) is 29.6. The normalized spacial score (nSPS) is 17.2. The Balaban J connectivity index is 1.26. The van der Waals surface area contributed by atoms with E-state index in [-0.39, 0.29) is 36.7 Å². The Labute approximate surface area is 244 Å². The smallest absolute Gasteiger partial charge is 0.251 e. The number of carbonyl (C=O) groups is 3. The number of nitrogens with zero attached hydrogens (tertiary/aromatic N) is 4. The first-order chi connectivity index (χ1) is 20.3. The molecule has 1 saturated heterocycles. The monoisotopic (exact) mass is 569 g/mol. The SMILES string of the molecule is COc1ccc(CC2CC(C(=O)NCc3ccc4c(c3)nnn4C)N(C(=O)C(N)CNC(=O)c3ccccc3)C2)cc1. The van der Waals surface area contributed by atoms with Crippen molar-refractivity contribution in [3.05, 3.63) is 89.5 Å². The number of nitrogens with two attached hydrogens (primary N) is 1. The Morgan fingerprint density at radius 2 is 1.76 bits per heavy atom. The number of aryl methyl sites for hydroxylation is 1. The summed E-state index contributed by atoms with van der Waals surface area (Å²) in [6, 6.07) is 20.6. The standard InChI is InChI=1S/C31H35N7O4/c1-37-27-13-10-21(15-26(27)35-36-37)17-33-30(40)28-16-22(14-20-8-11-24(42-2)12-9-20)19-38(28)31(41)25(32)18-34-29(39)23-6-4-3-5-7-23/h3-13,15,22,25,28H,14,16-19,32H2,1-2H3,(H,33,40)(H,34,39). The van der Waals surface area contributed by atoms with Gasteiger partial charge in [0.1, 0.15) is 23.3 Å². The van der Waals surface area contributed by atoms with Crippen molar-refractivity contribution in [3.8, 4) is 5.75 Å². The number of hydrogen-bond acceptors (Lipinski definition) is 7. The highest BCUT2D eigenvalue weighted by atomic mass is 16.5. The van der Waals surface area contributed by atoms with Crippen molar-refractivity contribution in [1.82, 2.24) is 30.5 Å². The van der Waals surface area contributed by atoms with Crippen molar-refractivity contribution >= 4 is 28.8 Å². The Bertz CT molecular complexity index is 1550. The Morgan fingerprint density at radius 3 is 2.50 bits per heavy atom. The van der Waals surface area contributed by atoms with Crippen LogP contribution in [-0.4, -0.2) is 69.9 Å². The van der Waals surface area contributed by atoms with Crippen LogP contribution in [0.2, 0.25) is 0 Å². The fourth-order valence-electron chi connectivity index (χ4n) is 5.36. The molecular weight excluding hydrogens is 534 g/mol. The highest BCUT2D eigenvalue weighted by Gasteiger charge is 2.41. The van der Waals surface area contributed by atoms with Gasteiger partial charge < -0.3 is 26.0 Å². The minimum atomic E-state index is -0.994. The van der Waals surface area contributed by atoms with E-state index in [4.69, 9.17) is 10.5 Å². The average Bonchev–Trinajstić information content (AvgIpc) is 3.62. The van der Waals surface area contributed by atoms with Crippen molar-refractivity contribution in [1.29, 1.82) is 0 Å². The van der Waals surface area contributed by atoms with Crippen molar-refractivity contribution in [3.63, 3.8) is 0 Å². The zero-order valence-electron chi connectivity index (χ0n) is 23.7. The van der Waals surface area contributed by atoms with Gasteiger partial charge in [-0.3, -0.25) is 14.4 Å². The molecule has 1 aliphatic heterocycles. The number of amides is 3. The number of aromatic nitrogens is 3. The summed E-state index contributed by atoms with van der Waals surface area (Å²) in [4.78, 5) is 41.1. The van der Waals surface area contributed by atoms with Crippen LogP contribution in [0.5, 0.6) is 5.75 Å². The summed E-state index contributed by atoms with van der Waals surface area (Å²) >= 11 is 0. The van der Waals surface area contributed by atoms with Crippen LogP contribution in [0.1, 0.15) is 27.9 Å². The number of benzene rings is 3. The molecule has 1 aromatic heterocycles. The molecule has 0 aliphatic carbocycles. The van der Waals surface area contributed by atoms with Crippen LogP contribution in [-0.2, 0) is 29.6 Å². The Hall–Kier alpha value is -4.77. The maximum Gasteiger partial charge on any atom is 0.251 e. The summed E-state index contributed by atoms with van der Waals surface area (Å²) in [7, 11) is 3.44. The summed E-state index contributed by atoms with van der Waals surface area (Å²) in [5, 5.41) is 13.9. The minimum absolute atomic E-state index is 0.0430. The van der Waals surface area contributed by atoms with Gasteiger partial charge in [-0.25, -0.2) is 4.68 Å². The summed E-state index contributed by atoms with van der Waals surface area (Å²) < 4.78 is 6.95. The fraction of sp³-hybridized carbons (Fsp3) is 0.323. The number of ether oxygens (including phenoxy) is 1. The quantitative estimate of drug-likeness (QED) is 0.264. The van der Waals surface area contributed by atoms with E-state index in [9.17, 15) is 14.4 Å². The van der Waals surface area contributed by atoms with Crippen LogP contribution in [0.15, 0.2) is 72.8 Å². The second-order valence-electron chi connectivity index (χ2n) is 10.6. The van der Waals surface area contributed by atoms with Gasteiger partial charge in [0.25, 0.3) is 5.91 Å². The number of rotatable bonds is 10. The average molecular weight is 570 g/mol. The first kappa shape index (κ1) is 28.7. The van der Waals surface area contributed by atoms with Crippen LogP contribution >= 0.6 is 0 Å². The van der Waals surface area contributed by atoms with Crippen molar-refractivity contribution in [2.75, 3.05) is 20.2 Å². The molecule has 1 fully saturated rings. The lowest BCUT2D eigenvalue weighted by atomic mass is 9.96. The molecule has 0 spiro atoms. The van der Waals surface area contributed by atoms with Crippen LogP contribution in [0.25, 0.3) is 11.0 Å². The number of carbonyl (C=O) groups excluding carboxylic acids is 3. The van der Waals surface area contributed by atoms with Gasteiger partial charge in [0, 0.05) is 32.2 Å². The van der Waals surface area contributed by atoms with Gasteiger partial charge in [0.05, 0.1) is 12.6 Å². The largest absolute Gasteiger partial charge is 0.497 e. The van der Waals surface area contributed by atoms with Gasteiger partial charge in [0.2, 0.25) is 11.8 Å². The van der Waals surface area contributed by atoms with Gasteiger partial charge >= 0.3 is 0 Å². The second kappa shape index (κ2) is 12.8. The molecule has 3 atom stereocenters. The summed E-state index contributed by atoms with van der Waals surface area (Å²) in [5.74, 6) is -0.114. The van der Waals surface area contributed by atoms with Crippen LogP contribution in [0, 0.1) is 5.92 Å². The molecule has 11 nitrogen and oxygen atoms in total. The van der Waals surface area contributed by atoms with Gasteiger partial charge in [0.15, 0.2) is 0 Å². The number of nitrogens with one attached hydrogen (secondary N) is 2. The lowest BCUT2D eigenvalue weighted by molar-refractivity contribution is -0.139. The summed E-state index contributed by atoms with van der Waals surface area (Å²) in [6.07, 6.45) is 1.19. The molecule has 0 radical (unpaired) electrons. The lowest BCUT2D eigenvalue weighted by Gasteiger charge is -2.27. The fourth-order valence-corrected chi connectivity index (χ4v) is 5.36. The molecule has 4 aromatic rings. The highest BCUT2D eigenvalue weighted by Crippen LogP contribution is 2.28. The molecule has 3 amide bonds. The molecule has 0 bridgehead atoms.